The molecule has 0 aliphatic heterocycles. The van der Waals surface area contributed by atoms with Crippen LogP contribution in [0.1, 0.15) is 0 Å². The number of para-hydroxylation sites is 1. The first-order chi connectivity index (χ1) is 12.2. The van der Waals surface area contributed by atoms with Crippen LogP contribution in [0.4, 0.5) is 0 Å². The summed E-state index contributed by atoms with van der Waals surface area (Å²) < 4.78 is 2.07. The van der Waals surface area contributed by atoms with Gasteiger partial charge in [-0.05, 0) is 17.5 Å². The topological polar surface area (TPSA) is 38.5 Å². The van der Waals surface area contributed by atoms with Gasteiger partial charge in [0.25, 0.3) is 0 Å². The lowest BCUT2D eigenvalue weighted by Gasteiger charge is -2.17. The Labute approximate surface area is 141 Å². The molecule has 3 heteroatoms. The second-order valence-electron chi connectivity index (χ2n) is 6.53. The minimum atomic E-state index is -0.0477. The van der Waals surface area contributed by atoms with Crippen LogP contribution in [-0.4, -0.2) is 4.40 Å². The van der Waals surface area contributed by atoms with Crippen molar-refractivity contribution < 1.29 is 0 Å². The van der Waals surface area contributed by atoms with E-state index >= 15 is 0 Å². The first kappa shape index (κ1) is 12.9. The summed E-state index contributed by atoms with van der Waals surface area (Å²) in [5, 5.41) is 5.46. The van der Waals surface area contributed by atoms with Crippen LogP contribution < -0.4 is 10.9 Å². The smallest absolute Gasteiger partial charge is 0.190 e. The Morgan fingerprint density at radius 2 is 1.08 bits per heavy atom. The van der Waals surface area contributed by atoms with E-state index in [1.165, 1.54) is 0 Å². The molecule has 0 aliphatic rings. The highest BCUT2D eigenvalue weighted by atomic mass is 16.1. The van der Waals surface area contributed by atoms with Gasteiger partial charge in [-0.25, -0.2) is 0 Å². The van der Waals surface area contributed by atoms with Crippen molar-refractivity contribution in [3.8, 4) is 0 Å². The third-order valence-electron chi connectivity index (χ3n) is 5.26. The normalized spacial score (nSPS) is 12.3. The van der Waals surface area contributed by atoms with Gasteiger partial charge in [0.15, 0.2) is 10.9 Å². The second kappa shape index (κ2) is 4.14. The van der Waals surface area contributed by atoms with E-state index < -0.39 is 0 Å². The first-order valence-corrected chi connectivity index (χ1v) is 8.22. The summed E-state index contributed by atoms with van der Waals surface area (Å²) in [6.45, 7) is 0. The second-order valence-corrected chi connectivity index (χ2v) is 6.53. The van der Waals surface area contributed by atoms with Crippen LogP contribution in [0.15, 0.2) is 76.3 Å². The van der Waals surface area contributed by atoms with Crippen molar-refractivity contribution in [2.45, 2.75) is 0 Å². The molecule has 116 valence electrons. The zero-order chi connectivity index (χ0) is 16.7. The number of rotatable bonds is 0. The van der Waals surface area contributed by atoms with E-state index in [-0.39, 0.29) is 10.9 Å². The summed E-state index contributed by atoms with van der Waals surface area (Å²) in [7, 11) is 0. The van der Waals surface area contributed by atoms with Gasteiger partial charge >= 0.3 is 0 Å². The maximum Gasteiger partial charge on any atom is 0.190 e. The molecule has 0 atom stereocenters. The molecule has 0 bridgehead atoms. The zero-order valence-corrected chi connectivity index (χ0v) is 13.1. The Bertz CT molecular complexity index is 1470. The van der Waals surface area contributed by atoms with Gasteiger partial charge in [-0.1, -0.05) is 42.5 Å². The maximum absolute atomic E-state index is 12.7. The quantitative estimate of drug-likeness (QED) is 0.311. The van der Waals surface area contributed by atoms with E-state index in [2.05, 4.69) is 16.5 Å². The largest absolute Gasteiger partial charge is 0.307 e. The molecule has 0 unspecified atom stereocenters. The van der Waals surface area contributed by atoms with Crippen molar-refractivity contribution in [3.05, 3.63) is 87.2 Å². The lowest BCUT2D eigenvalue weighted by molar-refractivity contribution is 1.30. The highest BCUT2D eigenvalue weighted by molar-refractivity contribution is 6.21. The van der Waals surface area contributed by atoms with Crippen LogP contribution in [0.2, 0.25) is 0 Å². The number of aromatic nitrogens is 1. The first-order valence-electron chi connectivity index (χ1n) is 8.22. The molecule has 3 nitrogen and oxygen atoms in total. The predicted molar refractivity (Wildman–Crippen MR) is 102 cm³/mol. The van der Waals surface area contributed by atoms with Crippen molar-refractivity contribution >= 4 is 48.9 Å². The lowest BCUT2D eigenvalue weighted by Crippen LogP contribution is -2.12. The minimum Gasteiger partial charge on any atom is -0.307 e. The molecule has 0 radical (unpaired) electrons. The summed E-state index contributed by atoms with van der Waals surface area (Å²) in [4.78, 5) is 25.5. The fraction of sp³-hybridized carbons (Fsp3) is 0. The number of hydrogen-bond donors (Lipinski definition) is 0. The van der Waals surface area contributed by atoms with E-state index in [1.54, 1.807) is 30.3 Å². The van der Waals surface area contributed by atoms with Crippen LogP contribution in [0.25, 0.3) is 48.9 Å². The van der Waals surface area contributed by atoms with Gasteiger partial charge in [0.2, 0.25) is 0 Å². The molecule has 0 N–H and O–H groups in total. The summed E-state index contributed by atoms with van der Waals surface area (Å²) in [5.74, 6) is 0. The average Bonchev–Trinajstić information content (AvgIpc) is 2.64. The summed E-state index contributed by atoms with van der Waals surface area (Å²) in [6, 6.07) is 21.0. The van der Waals surface area contributed by atoms with Gasteiger partial charge in [-0.15, -0.1) is 0 Å². The van der Waals surface area contributed by atoms with Crippen molar-refractivity contribution in [1.82, 2.24) is 4.40 Å². The zero-order valence-electron chi connectivity index (χ0n) is 13.1. The average molecular weight is 321 g/mol. The molecule has 3 aromatic heterocycles. The Morgan fingerprint density at radius 1 is 0.600 bits per heavy atom. The van der Waals surface area contributed by atoms with Gasteiger partial charge in [-0.3, -0.25) is 9.59 Å². The van der Waals surface area contributed by atoms with Crippen LogP contribution in [-0.2, 0) is 0 Å². The SMILES string of the molecule is O=c1cc2c3cccc4cccc(c43)c3cc(=O)c4cccc1c4n23. The van der Waals surface area contributed by atoms with E-state index in [1.807, 2.05) is 24.3 Å². The van der Waals surface area contributed by atoms with Crippen molar-refractivity contribution in [2.75, 3.05) is 0 Å². The lowest BCUT2D eigenvalue weighted by atomic mass is 9.97. The standard InChI is InChI=1S/C22H11NO2/c24-19-10-17-13-6-1-4-12-5-2-7-14(21(12)13)18-11-20(25)16-9-3-8-15(19)22(16)23(17)18/h1-11H. The molecule has 0 saturated heterocycles. The molecule has 0 fully saturated rings. The van der Waals surface area contributed by atoms with Crippen molar-refractivity contribution in [3.63, 3.8) is 0 Å². The molecule has 0 amide bonds. The van der Waals surface area contributed by atoms with Gasteiger partial charge in [0.1, 0.15) is 0 Å². The molecule has 0 aliphatic carbocycles. The van der Waals surface area contributed by atoms with E-state index in [0.717, 1.165) is 38.1 Å². The molecule has 3 aromatic carbocycles. The summed E-state index contributed by atoms with van der Waals surface area (Å²) >= 11 is 0. The highest BCUT2D eigenvalue weighted by Crippen LogP contribution is 2.35. The minimum absolute atomic E-state index is 0.0477. The van der Waals surface area contributed by atoms with Crippen molar-refractivity contribution in [2.24, 2.45) is 0 Å². The number of pyridine rings is 3. The molecule has 0 spiro atoms. The van der Waals surface area contributed by atoms with E-state index in [0.29, 0.717) is 10.8 Å². The number of nitrogens with zero attached hydrogens (tertiary/aromatic N) is 1. The Kier molecular flexibility index (Phi) is 2.13. The molecule has 6 aromatic rings. The number of benzene rings is 3. The summed E-state index contributed by atoms with van der Waals surface area (Å²) in [6.07, 6.45) is 0. The van der Waals surface area contributed by atoms with Crippen LogP contribution in [0.3, 0.4) is 0 Å². The summed E-state index contributed by atoms with van der Waals surface area (Å²) in [5.41, 5.74) is 2.34. The molecule has 3 heterocycles. The van der Waals surface area contributed by atoms with Crippen molar-refractivity contribution in [1.29, 1.82) is 0 Å². The highest BCUT2D eigenvalue weighted by Gasteiger charge is 2.17. The van der Waals surface area contributed by atoms with Crippen LogP contribution in [0, 0.1) is 0 Å². The van der Waals surface area contributed by atoms with Gasteiger partial charge in [0.05, 0.1) is 16.6 Å². The molecule has 25 heavy (non-hydrogen) atoms. The number of hydrogen-bond acceptors (Lipinski definition) is 2. The van der Waals surface area contributed by atoms with E-state index in [9.17, 15) is 9.59 Å². The third-order valence-corrected chi connectivity index (χ3v) is 5.26. The van der Waals surface area contributed by atoms with Gasteiger partial charge in [0, 0.05) is 39.1 Å². The fourth-order valence-corrected chi connectivity index (χ4v) is 4.25. The molecular weight excluding hydrogens is 310 g/mol. The molecule has 6 rings (SSSR count). The van der Waals surface area contributed by atoms with Crippen LogP contribution in [0.5, 0.6) is 0 Å². The van der Waals surface area contributed by atoms with Gasteiger partial charge < -0.3 is 4.40 Å². The maximum atomic E-state index is 12.7. The predicted octanol–water partition coefficient (Wildman–Crippen LogP) is 4.15. The molecular formula is C22H11NO2. The van der Waals surface area contributed by atoms with Gasteiger partial charge in [-0.2, -0.15) is 0 Å². The van der Waals surface area contributed by atoms with E-state index in [4.69, 9.17) is 0 Å². The monoisotopic (exact) mass is 321 g/mol. The Morgan fingerprint density at radius 3 is 1.64 bits per heavy atom. The van der Waals surface area contributed by atoms with Crippen LogP contribution >= 0.6 is 0 Å². The number of fused-ring (bicyclic) bond motifs is 2. The third kappa shape index (κ3) is 1.42. The fourth-order valence-electron chi connectivity index (χ4n) is 4.25. The Hall–Kier alpha value is -3.46. The Balaban J connectivity index is 2.18. The molecule has 0 saturated carbocycles.